The van der Waals surface area contributed by atoms with E-state index in [-0.39, 0.29) is 0 Å². The monoisotopic (exact) mass is 821 g/mol. The van der Waals surface area contributed by atoms with Gasteiger partial charge in [-0.15, -0.1) is 11.3 Å². The van der Waals surface area contributed by atoms with Gasteiger partial charge in [0.25, 0.3) is 0 Å². The van der Waals surface area contributed by atoms with E-state index in [2.05, 4.69) is 185 Å². The Morgan fingerprint density at radius 3 is 1.57 bits per heavy atom. The van der Waals surface area contributed by atoms with Crippen molar-refractivity contribution in [3.63, 3.8) is 0 Å². The van der Waals surface area contributed by atoms with Gasteiger partial charge in [-0.25, -0.2) is 15.0 Å². The van der Waals surface area contributed by atoms with Crippen molar-refractivity contribution >= 4 is 75.1 Å². The first-order valence-corrected chi connectivity index (χ1v) is 22.0. The molecule has 63 heavy (non-hydrogen) atoms. The Bertz CT molecular complexity index is 3850. The Kier molecular flexibility index (Phi) is 8.01. The number of para-hydroxylation sites is 3. The van der Waals surface area contributed by atoms with Crippen LogP contribution in [0.3, 0.4) is 0 Å². The molecule has 13 rings (SSSR count). The normalized spacial score (nSPS) is 11.8. The predicted molar refractivity (Wildman–Crippen MR) is 263 cm³/mol. The maximum atomic E-state index is 5.34. The Morgan fingerprint density at radius 2 is 0.857 bits per heavy atom. The Labute approximate surface area is 366 Å². The predicted octanol–water partition coefficient (Wildman–Crippen LogP) is 15.1. The van der Waals surface area contributed by atoms with E-state index in [1.54, 1.807) is 0 Å². The molecule has 4 aromatic heterocycles. The van der Waals surface area contributed by atoms with Crippen LogP contribution in [0.4, 0.5) is 0 Å². The van der Waals surface area contributed by atoms with E-state index in [9.17, 15) is 0 Å². The van der Waals surface area contributed by atoms with Gasteiger partial charge in [-0.3, -0.25) is 0 Å². The zero-order valence-electron chi connectivity index (χ0n) is 33.9. The van der Waals surface area contributed by atoms with Crippen molar-refractivity contribution in [1.82, 2.24) is 24.1 Å². The van der Waals surface area contributed by atoms with Crippen molar-refractivity contribution < 1.29 is 0 Å². The van der Waals surface area contributed by atoms with E-state index in [1.807, 2.05) is 47.7 Å². The standard InChI is InChI=1S/C57H35N5S/c1-4-16-36(17-5-1)55-58-56(37-18-6-2-7-19-37)60-57(59-55)48-35-40(62-50-26-14-11-23-43(50)46-32-33-47-45-24-12-15-27-52(45)63-54(47)53(46)62)29-31-41(48)38-28-30-44-42-22-10-13-25-49(42)61(51(44)34-38)39-20-8-3-9-21-39/h1-35H. The number of hydrogen-bond donors (Lipinski definition) is 0. The quantitative estimate of drug-likeness (QED) is 0.168. The molecule has 0 aliphatic heterocycles. The fraction of sp³-hybridized carbons (Fsp3) is 0. The molecular formula is C57H35N5S. The third kappa shape index (κ3) is 5.66. The van der Waals surface area contributed by atoms with Crippen LogP contribution in [0, 0.1) is 0 Å². The molecule has 9 aromatic carbocycles. The van der Waals surface area contributed by atoms with Crippen LogP contribution in [0.15, 0.2) is 212 Å². The van der Waals surface area contributed by atoms with Gasteiger partial charge in [-0.1, -0.05) is 164 Å². The van der Waals surface area contributed by atoms with Gasteiger partial charge < -0.3 is 9.13 Å². The zero-order chi connectivity index (χ0) is 41.4. The molecule has 0 aliphatic carbocycles. The molecule has 4 heterocycles. The van der Waals surface area contributed by atoms with Crippen molar-refractivity contribution in [2.45, 2.75) is 0 Å². The molecule has 13 aromatic rings. The summed E-state index contributed by atoms with van der Waals surface area (Å²) in [5, 5.41) is 7.41. The topological polar surface area (TPSA) is 48.5 Å². The molecule has 0 unspecified atom stereocenters. The number of hydrogen-bond acceptors (Lipinski definition) is 4. The number of aromatic nitrogens is 5. The minimum Gasteiger partial charge on any atom is -0.309 e. The molecule has 5 nitrogen and oxygen atoms in total. The van der Waals surface area contributed by atoms with Crippen LogP contribution in [-0.2, 0) is 0 Å². The molecule has 294 valence electrons. The highest BCUT2D eigenvalue weighted by Crippen LogP contribution is 2.45. The van der Waals surface area contributed by atoms with Crippen molar-refractivity contribution in [1.29, 1.82) is 0 Å². The lowest BCUT2D eigenvalue weighted by molar-refractivity contribution is 1.07. The van der Waals surface area contributed by atoms with Crippen LogP contribution in [-0.4, -0.2) is 24.1 Å². The maximum Gasteiger partial charge on any atom is 0.164 e. The van der Waals surface area contributed by atoms with Crippen molar-refractivity contribution in [2.75, 3.05) is 0 Å². The number of rotatable bonds is 6. The van der Waals surface area contributed by atoms with E-state index >= 15 is 0 Å². The molecule has 6 heteroatoms. The largest absolute Gasteiger partial charge is 0.309 e. The number of benzene rings is 9. The van der Waals surface area contributed by atoms with E-state index < -0.39 is 0 Å². The average Bonchev–Trinajstić information content (AvgIpc) is 4.02. The summed E-state index contributed by atoms with van der Waals surface area (Å²) >= 11 is 1.86. The van der Waals surface area contributed by atoms with Crippen molar-refractivity contribution in [2.24, 2.45) is 0 Å². The summed E-state index contributed by atoms with van der Waals surface area (Å²) in [6.45, 7) is 0. The molecule has 0 N–H and O–H groups in total. The minimum atomic E-state index is 0.607. The second-order valence-corrected chi connectivity index (χ2v) is 17.0. The summed E-state index contributed by atoms with van der Waals surface area (Å²) in [5.74, 6) is 1.86. The smallest absolute Gasteiger partial charge is 0.164 e. The van der Waals surface area contributed by atoms with Crippen molar-refractivity contribution in [3.05, 3.63) is 212 Å². The molecule has 0 atom stereocenters. The molecule has 0 saturated carbocycles. The van der Waals surface area contributed by atoms with Gasteiger partial charge in [-0.2, -0.15) is 0 Å². The second kappa shape index (κ2) is 14.2. The van der Waals surface area contributed by atoms with Gasteiger partial charge in [0.15, 0.2) is 17.5 Å². The SMILES string of the molecule is c1ccc(-c2nc(-c3ccccc3)nc(-c3cc(-n4c5ccccc5c5ccc6c7ccccc7sc6c54)ccc3-c3ccc4c5ccccc5n(-c5ccccc5)c4c3)n2)cc1. The summed E-state index contributed by atoms with van der Waals surface area (Å²) in [6, 6.07) is 75.5. The molecule has 0 fully saturated rings. The van der Waals surface area contributed by atoms with Gasteiger partial charge in [0, 0.05) is 65.1 Å². The van der Waals surface area contributed by atoms with Gasteiger partial charge >= 0.3 is 0 Å². The van der Waals surface area contributed by atoms with E-state index in [0.29, 0.717) is 17.5 Å². The number of fused-ring (bicyclic) bond motifs is 10. The molecule has 0 aliphatic rings. The Morgan fingerprint density at radius 1 is 0.317 bits per heavy atom. The lowest BCUT2D eigenvalue weighted by Gasteiger charge is -2.16. The van der Waals surface area contributed by atoms with E-state index in [1.165, 1.54) is 52.8 Å². The number of thiophene rings is 1. The number of nitrogens with zero attached hydrogens (tertiary/aromatic N) is 5. The zero-order valence-corrected chi connectivity index (χ0v) is 34.7. The maximum absolute atomic E-state index is 5.34. The summed E-state index contributed by atoms with van der Waals surface area (Å²) in [4.78, 5) is 15.8. The summed E-state index contributed by atoms with van der Waals surface area (Å²) in [7, 11) is 0. The highest BCUT2D eigenvalue weighted by Gasteiger charge is 2.22. The summed E-state index contributed by atoms with van der Waals surface area (Å²) in [5.41, 5.74) is 11.7. The Hall–Kier alpha value is -8.19. The molecule has 0 bridgehead atoms. The van der Waals surface area contributed by atoms with Crippen LogP contribution >= 0.6 is 11.3 Å². The first-order valence-electron chi connectivity index (χ1n) is 21.2. The lowest BCUT2D eigenvalue weighted by Crippen LogP contribution is -2.02. The fourth-order valence-corrected chi connectivity index (χ4v) is 10.8. The van der Waals surface area contributed by atoms with E-state index in [4.69, 9.17) is 15.0 Å². The van der Waals surface area contributed by atoms with Crippen LogP contribution in [0.25, 0.3) is 120 Å². The molecule has 0 spiro atoms. The summed E-state index contributed by atoms with van der Waals surface area (Å²) in [6.07, 6.45) is 0. The third-order valence-electron chi connectivity index (χ3n) is 12.4. The highest BCUT2D eigenvalue weighted by atomic mass is 32.1. The molecular weight excluding hydrogens is 787 g/mol. The van der Waals surface area contributed by atoms with Crippen molar-refractivity contribution in [3.8, 4) is 56.7 Å². The molecule has 0 saturated heterocycles. The van der Waals surface area contributed by atoms with Gasteiger partial charge in [0.05, 0.1) is 26.8 Å². The van der Waals surface area contributed by atoms with Gasteiger partial charge in [0.1, 0.15) is 0 Å². The lowest BCUT2D eigenvalue weighted by atomic mass is 9.97. The van der Waals surface area contributed by atoms with Gasteiger partial charge in [0.2, 0.25) is 0 Å². The molecule has 0 amide bonds. The van der Waals surface area contributed by atoms with Crippen LogP contribution in [0.5, 0.6) is 0 Å². The third-order valence-corrected chi connectivity index (χ3v) is 13.6. The first-order chi connectivity index (χ1) is 31.2. The van der Waals surface area contributed by atoms with Crippen LogP contribution < -0.4 is 0 Å². The fourth-order valence-electron chi connectivity index (χ4n) is 9.53. The minimum absolute atomic E-state index is 0.607. The van der Waals surface area contributed by atoms with Gasteiger partial charge in [-0.05, 0) is 59.7 Å². The summed E-state index contributed by atoms with van der Waals surface area (Å²) < 4.78 is 7.38. The Balaban J connectivity index is 1.12. The first kappa shape index (κ1) is 35.6. The average molecular weight is 822 g/mol. The van der Waals surface area contributed by atoms with Crippen LogP contribution in [0.2, 0.25) is 0 Å². The van der Waals surface area contributed by atoms with E-state index in [0.717, 1.165) is 50.2 Å². The second-order valence-electron chi connectivity index (χ2n) is 16.0. The molecule has 0 radical (unpaired) electrons. The highest BCUT2D eigenvalue weighted by molar-refractivity contribution is 7.26. The van der Waals surface area contributed by atoms with Crippen LogP contribution in [0.1, 0.15) is 0 Å².